The molecule has 2 aromatic heterocycles. The molecule has 5 rings (SSSR count). The van der Waals surface area contributed by atoms with Crippen LogP contribution in [0.4, 0.5) is 20.5 Å². The maximum Gasteiger partial charge on any atom is 0.251 e. The third-order valence-electron chi connectivity index (χ3n) is 6.72. The largest absolute Gasteiger partial charge is 0.368 e. The summed E-state index contributed by atoms with van der Waals surface area (Å²) in [6.07, 6.45) is -0.139. The number of aromatic nitrogens is 3. The molecule has 0 amide bonds. The van der Waals surface area contributed by atoms with Crippen molar-refractivity contribution in [2.24, 2.45) is 0 Å². The highest BCUT2D eigenvalue weighted by atomic mass is 19.3. The van der Waals surface area contributed by atoms with Gasteiger partial charge in [-0.3, -0.25) is 4.90 Å². The van der Waals surface area contributed by atoms with E-state index in [4.69, 9.17) is 5.73 Å². The second-order valence-electron chi connectivity index (χ2n) is 9.52. The second kappa shape index (κ2) is 10.8. The highest BCUT2D eigenvalue weighted by Gasteiger charge is 2.28. The molecule has 0 spiro atoms. The number of nitrogens with two attached hydrogens (primary N) is 1. The summed E-state index contributed by atoms with van der Waals surface area (Å²) in [5, 5.41) is 8.02. The SMILES string of the molecule is CCCCNc1nc(N)nc2c3ccccc3n(Cc3cccc(CNC4CN(CC(F)F)C4)c3)c12. The van der Waals surface area contributed by atoms with E-state index in [1.807, 2.05) is 12.1 Å². The molecule has 0 bridgehead atoms. The highest BCUT2D eigenvalue weighted by molar-refractivity contribution is 6.09. The van der Waals surface area contributed by atoms with Gasteiger partial charge in [0.15, 0.2) is 5.82 Å². The van der Waals surface area contributed by atoms with E-state index in [-0.39, 0.29) is 18.5 Å². The number of anilines is 2. The van der Waals surface area contributed by atoms with Crippen molar-refractivity contribution in [2.75, 3.05) is 37.2 Å². The van der Waals surface area contributed by atoms with Gasteiger partial charge >= 0.3 is 0 Å². The zero-order valence-corrected chi connectivity index (χ0v) is 20.6. The van der Waals surface area contributed by atoms with Crippen LogP contribution in [0.15, 0.2) is 48.5 Å². The van der Waals surface area contributed by atoms with Crippen LogP contribution in [0, 0.1) is 0 Å². The summed E-state index contributed by atoms with van der Waals surface area (Å²) in [6, 6.07) is 17.0. The van der Waals surface area contributed by atoms with Crippen LogP contribution in [0.1, 0.15) is 30.9 Å². The molecule has 2 aromatic carbocycles. The number of halogens is 2. The number of rotatable bonds is 11. The first kappa shape index (κ1) is 24.4. The number of nitrogens with zero attached hydrogens (tertiary/aromatic N) is 4. The van der Waals surface area contributed by atoms with Gasteiger partial charge in [0, 0.05) is 44.2 Å². The molecule has 0 radical (unpaired) electrons. The zero-order chi connectivity index (χ0) is 25.1. The molecular weight excluding hydrogens is 460 g/mol. The Morgan fingerprint density at radius 2 is 1.89 bits per heavy atom. The van der Waals surface area contributed by atoms with Gasteiger partial charge in [-0.1, -0.05) is 55.8 Å². The lowest BCUT2D eigenvalue weighted by Gasteiger charge is -2.39. The molecule has 4 N–H and O–H groups in total. The summed E-state index contributed by atoms with van der Waals surface area (Å²) in [7, 11) is 0. The van der Waals surface area contributed by atoms with E-state index in [0.29, 0.717) is 26.2 Å². The first-order valence-corrected chi connectivity index (χ1v) is 12.6. The van der Waals surface area contributed by atoms with Crippen LogP contribution in [-0.2, 0) is 13.1 Å². The fourth-order valence-corrected chi connectivity index (χ4v) is 4.94. The monoisotopic (exact) mass is 493 g/mol. The number of likely N-dealkylation sites (tertiary alicyclic amines) is 1. The second-order valence-corrected chi connectivity index (χ2v) is 9.52. The maximum absolute atomic E-state index is 12.5. The van der Waals surface area contributed by atoms with Gasteiger partial charge in [-0.25, -0.2) is 13.8 Å². The zero-order valence-electron chi connectivity index (χ0n) is 20.6. The van der Waals surface area contributed by atoms with E-state index in [2.05, 4.69) is 68.5 Å². The number of fused-ring (bicyclic) bond motifs is 3. The Balaban J connectivity index is 1.39. The van der Waals surface area contributed by atoms with E-state index < -0.39 is 6.43 Å². The normalized spacial score (nSPS) is 14.7. The van der Waals surface area contributed by atoms with Gasteiger partial charge in [-0.15, -0.1) is 0 Å². The van der Waals surface area contributed by atoms with Gasteiger partial charge in [0.1, 0.15) is 11.0 Å². The molecule has 9 heteroatoms. The van der Waals surface area contributed by atoms with Crippen LogP contribution in [-0.4, -0.2) is 58.1 Å². The fraction of sp³-hybridized carbons (Fsp3) is 0.407. The predicted molar refractivity (Wildman–Crippen MR) is 141 cm³/mol. The molecule has 36 heavy (non-hydrogen) atoms. The summed E-state index contributed by atoms with van der Waals surface area (Å²) in [5.41, 5.74) is 11.3. The van der Waals surface area contributed by atoms with Gasteiger partial charge in [-0.2, -0.15) is 4.98 Å². The summed E-state index contributed by atoms with van der Waals surface area (Å²) < 4.78 is 27.3. The number of alkyl halides is 2. The number of para-hydroxylation sites is 1. The Morgan fingerprint density at radius 3 is 2.69 bits per heavy atom. The number of benzene rings is 2. The molecule has 0 atom stereocenters. The highest BCUT2D eigenvalue weighted by Crippen LogP contribution is 2.33. The summed E-state index contributed by atoms with van der Waals surface area (Å²) in [6.45, 7) is 5.55. The number of hydrogen-bond donors (Lipinski definition) is 3. The molecule has 3 heterocycles. The van der Waals surface area contributed by atoms with Gasteiger partial charge < -0.3 is 20.9 Å². The molecule has 1 fully saturated rings. The lowest BCUT2D eigenvalue weighted by atomic mass is 10.1. The average molecular weight is 494 g/mol. The van der Waals surface area contributed by atoms with Crippen molar-refractivity contribution in [2.45, 2.75) is 45.3 Å². The fourth-order valence-electron chi connectivity index (χ4n) is 4.94. The minimum absolute atomic E-state index is 0.142. The van der Waals surface area contributed by atoms with Crippen LogP contribution >= 0.6 is 0 Å². The van der Waals surface area contributed by atoms with Crippen LogP contribution in [0.3, 0.4) is 0 Å². The minimum atomic E-state index is -2.27. The molecule has 1 aliphatic heterocycles. The van der Waals surface area contributed by atoms with Crippen molar-refractivity contribution >= 4 is 33.7 Å². The summed E-state index contributed by atoms with van der Waals surface area (Å²) >= 11 is 0. The first-order chi connectivity index (χ1) is 17.5. The molecule has 0 aliphatic carbocycles. The van der Waals surface area contributed by atoms with Crippen LogP contribution in [0.25, 0.3) is 21.9 Å². The standard InChI is InChI=1S/C27H33F2N7/c1-2-3-11-31-26-25-24(33-27(30)34-26)21-9-4-5-10-22(21)36(25)14-19-8-6-7-18(12-19)13-32-20-15-35(16-20)17-23(28)29/h4-10,12,20,23,32H,2-3,11,13-17H2,1H3,(H3,30,31,33,34). The van der Waals surface area contributed by atoms with E-state index in [0.717, 1.165) is 47.1 Å². The van der Waals surface area contributed by atoms with Crippen molar-refractivity contribution in [3.8, 4) is 0 Å². The molecule has 7 nitrogen and oxygen atoms in total. The molecule has 1 saturated heterocycles. The van der Waals surface area contributed by atoms with Crippen LogP contribution in [0.2, 0.25) is 0 Å². The quantitative estimate of drug-likeness (QED) is 0.268. The van der Waals surface area contributed by atoms with E-state index >= 15 is 0 Å². The molecule has 0 saturated carbocycles. The number of nitrogens with one attached hydrogen (secondary N) is 2. The van der Waals surface area contributed by atoms with Crippen LogP contribution in [0.5, 0.6) is 0 Å². The molecule has 190 valence electrons. The van der Waals surface area contributed by atoms with Crippen molar-refractivity contribution in [1.29, 1.82) is 0 Å². The van der Waals surface area contributed by atoms with E-state index in [9.17, 15) is 8.78 Å². The Bertz CT molecular complexity index is 1330. The smallest absolute Gasteiger partial charge is 0.251 e. The van der Waals surface area contributed by atoms with E-state index in [1.54, 1.807) is 4.90 Å². The van der Waals surface area contributed by atoms with Gasteiger partial charge in [0.25, 0.3) is 6.43 Å². The summed E-state index contributed by atoms with van der Waals surface area (Å²) in [5.74, 6) is 1.03. The Labute approximate surface area is 209 Å². The number of nitrogen functional groups attached to an aromatic ring is 1. The Hall–Kier alpha value is -3.30. The predicted octanol–water partition coefficient (Wildman–Crippen LogP) is 4.47. The lowest BCUT2D eigenvalue weighted by Crippen LogP contribution is -2.58. The van der Waals surface area contributed by atoms with Crippen molar-refractivity contribution in [3.05, 3.63) is 59.7 Å². The van der Waals surface area contributed by atoms with Gasteiger partial charge in [-0.05, 0) is 23.6 Å². The average Bonchev–Trinajstić information content (AvgIpc) is 3.14. The molecule has 0 unspecified atom stereocenters. The topological polar surface area (TPSA) is 84.0 Å². The Morgan fingerprint density at radius 1 is 1.08 bits per heavy atom. The number of hydrogen-bond acceptors (Lipinski definition) is 6. The Kier molecular flexibility index (Phi) is 7.29. The molecular formula is C27H33F2N7. The minimum Gasteiger partial charge on any atom is -0.368 e. The number of unbranched alkanes of at least 4 members (excludes halogenated alkanes) is 1. The lowest BCUT2D eigenvalue weighted by molar-refractivity contribution is 0.0388. The van der Waals surface area contributed by atoms with Gasteiger partial charge in [0.2, 0.25) is 5.95 Å². The maximum atomic E-state index is 12.5. The third-order valence-corrected chi connectivity index (χ3v) is 6.72. The molecule has 4 aromatic rings. The van der Waals surface area contributed by atoms with E-state index in [1.165, 1.54) is 11.1 Å². The molecule has 1 aliphatic rings. The van der Waals surface area contributed by atoms with Crippen molar-refractivity contribution in [3.63, 3.8) is 0 Å². The summed E-state index contributed by atoms with van der Waals surface area (Å²) in [4.78, 5) is 10.9. The third kappa shape index (κ3) is 5.27. The van der Waals surface area contributed by atoms with Gasteiger partial charge in [0.05, 0.1) is 12.1 Å². The van der Waals surface area contributed by atoms with Crippen molar-refractivity contribution < 1.29 is 8.78 Å². The van der Waals surface area contributed by atoms with Crippen LogP contribution < -0.4 is 16.4 Å². The van der Waals surface area contributed by atoms with Crippen molar-refractivity contribution in [1.82, 2.24) is 24.8 Å². The first-order valence-electron chi connectivity index (χ1n) is 12.6.